The molecule has 1 saturated heterocycles. The fraction of sp³-hybridized carbons (Fsp3) is 0.421. The number of aromatic nitrogens is 2. The smallest absolute Gasteiger partial charge is 0.271 e. The van der Waals surface area contributed by atoms with Crippen LogP contribution < -0.4 is 15.1 Å². The van der Waals surface area contributed by atoms with Crippen molar-refractivity contribution in [2.75, 3.05) is 36.0 Å². The first kappa shape index (κ1) is 15.9. The third kappa shape index (κ3) is 3.73. The van der Waals surface area contributed by atoms with Crippen LogP contribution in [0.3, 0.4) is 0 Å². The van der Waals surface area contributed by atoms with Crippen LogP contribution in [0.15, 0.2) is 36.7 Å². The molecule has 1 N–H and O–H groups in total. The quantitative estimate of drug-likeness (QED) is 0.925. The number of aryl methyl sites for hydroxylation is 1. The molecule has 25 heavy (non-hydrogen) atoms. The summed E-state index contributed by atoms with van der Waals surface area (Å²) in [5.74, 6) is 0.720. The highest BCUT2D eigenvalue weighted by molar-refractivity contribution is 5.92. The number of rotatable bonds is 4. The number of anilines is 2. The van der Waals surface area contributed by atoms with Gasteiger partial charge in [-0.25, -0.2) is 9.97 Å². The molecule has 0 spiro atoms. The summed E-state index contributed by atoms with van der Waals surface area (Å²) in [4.78, 5) is 25.3. The Morgan fingerprint density at radius 1 is 1.08 bits per heavy atom. The molecule has 4 rings (SSSR count). The molecule has 0 radical (unpaired) electrons. The van der Waals surface area contributed by atoms with Crippen LogP contribution >= 0.6 is 0 Å². The Balaban J connectivity index is 1.36. The van der Waals surface area contributed by atoms with Crippen LogP contribution in [0.2, 0.25) is 0 Å². The van der Waals surface area contributed by atoms with Crippen LogP contribution in [-0.2, 0) is 0 Å². The fourth-order valence-electron chi connectivity index (χ4n) is 3.11. The minimum absolute atomic E-state index is 0.120. The van der Waals surface area contributed by atoms with E-state index in [1.165, 1.54) is 11.3 Å². The number of piperazine rings is 1. The molecule has 0 bridgehead atoms. The molecule has 1 saturated carbocycles. The zero-order valence-corrected chi connectivity index (χ0v) is 14.5. The Hall–Kier alpha value is -2.63. The van der Waals surface area contributed by atoms with E-state index in [9.17, 15) is 4.79 Å². The van der Waals surface area contributed by atoms with Gasteiger partial charge >= 0.3 is 0 Å². The molecule has 130 valence electrons. The summed E-state index contributed by atoms with van der Waals surface area (Å²) in [6.07, 6.45) is 5.44. The Bertz CT molecular complexity index is 749. The van der Waals surface area contributed by atoms with Crippen LogP contribution in [0.25, 0.3) is 0 Å². The highest BCUT2D eigenvalue weighted by atomic mass is 16.2. The minimum atomic E-state index is -0.120. The van der Waals surface area contributed by atoms with Crippen LogP contribution in [-0.4, -0.2) is 48.1 Å². The van der Waals surface area contributed by atoms with Gasteiger partial charge < -0.3 is 15.1 Å². The summed E-state index contributed by atoms with van der Waals surface area (Å²) in [6, 6.07) is 8.95. The molecule has 2 aliphatic rings. The first-order chi connectivity index (χ1) is 12.2. The molecule has 6 heteroatoms. The first-order valence-electron chi connectivity index (χ1n) is 8.88. The van der Waals surface area contributed by atoms with Gasteiger partial charge in [0.15, 0.2) is 0 Å². The molecule has 1 aliphatic carbocycles. The van der Waals surface area contributed by atoms with Gasteiger partial charge in [0.1, 0.15) is 11.5 Å². The lowest BCUT2D eigenvalue weighted by Crippen LogP contribution is -2.47. The molecule has 6 nitrogen and oxygen atoms in total. The Labute approximate surface area is 147 Å². The number of hydrogen-bond acceptors (Lipinski definition) is 5. The SMILES string of the molecule is Cc1cccc(N2CCN(c3cnc(C(=O)NC4CC4)cn3)CC2)c1. The average Bonchev–Trinajstić information content (AvgIpc) is 3.46. The van der Waals surface area contributed by atoms with E-state index >= 15 is 0 Å². The topological polar surface area (TPSA) is 61.4 Å². The molecule has 0 unspecified atom stereocenters. The largest absolute Gasteiger partial charge is 0.368 e. The average molecular weight is 337 g/mol. The lowest BCUT2D eigenvalue weighted by molar-refractivity contribution is 0.0945. The van der Waals surface area contributed by atoms with Gasteiger partial charge in [-0.1, -0.05) is 12.1 Å². The predicted octanol–water partition coefficient (Wildman–Crippen LogP) is 2.00. The van der Waals surface area contributed by atoms with Crippen LogP contribution in [0, 0.1) is 6.92 Å². The van der Waals surface area contributed by atoms with E-state index in [1.54, 1.807) is 12.4 Å². The van der Waals surface area contributed by atoms with E-state index in [4.69, 9.17) is 0 Å². The first-order valence-corrected chi connectivity index (χ1v) is 8.88. The van der Waals surface area contributed by atoms with Crippen molar-refractivity contribution in [1.29, 1.82) is 0 Å². The van der Waals surface area contributed by atoms with Gasteiger partial charge in [0.25, 0.3) is 5.91 Å². The summed E-state index contributed by atoms with van der Waals surface area (Å²) in [5, 5.41) is 2.94. The second-order valence-electron chi connectivity index (χ2n) is 6.82. The van der Waals surface area contributed by atoms with E-state index in [0.29, 0.717) is 11.7 Å². The summed E-state index contributed by atoms with van der Waals surface area (Å²) in [6.45, 7) is 5.83. The Morgan fingerprint density at radius 3 is 2.48 bits per heavy atom. The third-order valence-corrected chi connectivity index (χ3v) is 4.75. The molecule has 0 atom stereocenters. The number of carbonyl (C=O) groups is 1. The standard InChI is InChI=1S/C19H23N5O/c1-14-3-2-4-16(11-14)23-7-9-24(10-8-23)18-13-20-17(12-21-18)19(25)22-15-5-6-15/h2-4,11-13,15H,5-10H2,1H3,(H,22,25). The second kappa shape index (κ2) is 6.70. The van der Waals surface area contributed by atoms with Crippen molar-refractivity contribution < 1.29 is 4.79 Å². The van der Waals surface area contributed by atoms with Gasteiger partial charge in [-0.2, -0.15) is 0 Å². The van der Waals surface area contributed by atoms with Crippen LogP contribution in [0.1, 0.15) is 28.9 Å². The molecule has 2 heterocycles. The fourth-order valence-corrected chi connectivity index (χ4v) is 3.11. The maximum Gasteiger partial charge on any atom is 0.271 e. The van der Waals surface area contributed by atoms with Gasteiger partial charge in [-0.3, -0.25) is 4.79 Å². The maximum absolute atomic E-state index is 12.0. The van der Waals surface area contributed by atoms with Crippen molar-refractivity contribution in [3.63, 3.8) is 0 Å². The molecular weight excluding hydrogens is 314 g/mol. The van der Waals surface area contributed by atoms with Gasteiger partial charge in [0, 0.05) is 37.9 Å². The zero-order valence-electron chi connectivity index (χ0n) is 14.5. The second-order valence-corrected chi connectivity index (χ2v) is 6.82. The number of nitrogens with one attached hydrogen (secondary N) is 1. The van der Waals surface area contributed by atoms with E-state index in [2.05, 4.69) is 56.3 Å². The van der Waals surface area contributed by atoms with Crippen molar-refractivity contribution in [1.82, 2.24) is 15.3 Å². The monoisotopic (exact) mass is 337 g/mol. The van der Waals surface area contributed by atoms with Crippen molar-refractivity contribution in [3.05, 3.63) is 47.9 Å². The molecule has 1 aromatic carbocycles. The third-order valence-electron chi connectivity index (χ3n) is 4.75. The lowest BCUT2D eigenvalue weighted by Gasteiger charge is -2.36. The summed E-state index contributed by atoms with van der Waals surface area (Å²) in [5.41, 5.74) is 2.96. The molecule has 2 aromatic rings. The Morgan fingerprint density at radius 2 is 1.84 bits per heavy atom. The van der Waals surface area contributed by atoms with E-state index in [-0.39, 0.29) is 5.91 Å². The van der Waals surface area contributed by atoms with Gasteiger partial charge in [-0.05, 0) is 37.5 Å². The summed E-state index contributed by atoms with van der Waals surface area (Å²) in [7, 11) is 0. The van der Waals surface area contributed by atoms with Crippen molar-refractivity contribution in [2.45, 2.75) is 25.8 Å². The van der Waals surface area contributed by atoms with E-state index in [0.717, 1.165) is 44.8 Å². The van der Waals surface area contributed by atoms with Crippen LogP contribution in [0.5, 0.6) is 0 Å². The normalized spacial score (nSPS) is 17.5. The van der Waals surface area contributed by atoms with Gasteiger partial charge in [0.05, 0.1) is 12.4 Å². The number of hydrogen-bond donors (Lipinski definition) is 1. The van der Waals surface area contributed by atoms with Crippen molar-refractivity contribution >= 4 is 17.4 Å². The van der Waals surface area contributed by atoms with Gasteiger partial charge in [0.2, 0.25) is 0 Å². The lowest BCUT2D eigenvalue weighted by atomic mass is 10.2. The predicted molar refractivity (Wildman–Crippen MR) is 98.1 cm³/mol. The molecule has 1 aliphatic heterocycles. The Kier molecular flexibility index (Phi) is 4.26. The van der Waals surface area contributed by atoms with E-state index < -0.39 is 0 Å². The van der Waals surface area contributed by atoms with Gasteiger partial charge in [-0.15, -0.1) is 0 Å². The highest BCUT2D eigenvalue weighted by Crippen LogP contribution is 2.21. The maximum atomic E-state index is 12.0. The van der Waals surface area contributed by atoms with Crippen molar-refractivity contribution in [2.24, 2.45) is 0 Å². The number of benzene rings is 1. The molecule has 1 aromatic heterocycles. The molecule has 1 amide bonds. The van der Waals surface area contributed by atoms with Crippen LogP contribution in [0.4, 0.5) is 11.5 Å². The summed E-state index contributed by atoms with van der Waals surface area (Å²) >= 11 is 0. The number of carbonyl (C=O) groups excluding carboxylic acids is 1. The molecular formula is C19H23N5O. The summed E-state index contributed by atoms with van der Waals surface area (Å²) < 4.78 is 0. The zero-order chi connectivity index (χ0) is 17.2. The minimum Gasteiger partial charge on any atom is -0.368 e. The molecule has 2 fully saturated rings. The van der Waals surface area contributed by atoms with Crippen molar-refractivity contribution in [3.8, 4) is 0 Å². The highest BCUT2D eigenvalue weighted by Gasteiger charge is 2.25. The number of amides is 1. The number of nitrogens with zero attached hydrogens (tertiary/aromatic N) is 4. The van der Waals surface area contributed by atoms with E-state index in [1.807, 2.05) is 0 Å².